The van der Waals surface area contributed by atoms with Gasteiger partial charge in [-0.2, -0.15) is 0 Å². The van der Waals surface area contributed by atoms with Gasteiger partial charge in [0.1, 0.15) is 11.9 Å². The first-order chi connectivity index (χ1) is 18.5. The highest BCUT2D eigenvalue weighted by atomic mass is 32.2. The van der Waals surface area contributed by atoms with Crippen molar-refractivity contribution in [2.45, 2.75) is 35.5 Å². The fourth-order valence-corrected chi connectivity index (χ4v) is 5.36. The number of ether oxygens (including phenoxy) is 3. The molecule has 0 aliphatic carbocycles. The Morgan fingerprint density at radius 2 is 1.49 bits per heavy atom. The van der Waals surface area contributed by atoms with Gasteiger partial charge in [-0.25, -0.2) is 22.9 Å². The molecule has 0 amide bonds. The largest absolute Gasteiger partial charge is 0.486 e. The topological polar surface area (TPSA) is 140 Å². The summed E-state index contributed by atoms with van der Waals surface area (Å²) in [6.07, 6.45) is -3.25. The van der Waals surface area contributed by atoms with Crippen molar-refractivity contribution in [3.8, 4) is 16.9 Å². The Kier molecular flexibility index (Phi) is 6.93. The van der Waals surface area contributed by atoms with Gasteiger partial charge in [-0.05, 0) is 48.5 Å². The zero-order valence-corrected chi connectivity index (χ0v) is 22.0. The van der Waals surface area contributed by atoms with Crippen molar-refractivity contribution in [2.24, 2.45) is 0 Å². The molecule has 3 aromatic carbocycles. The fourth-order valence-electron chi connectivity index (χ4n) is 4.73. The van der Waals surface area contributed by atoms with Crippen LogP contribution in [0.5, 0.6) is 5.75 Å². The first-order valence-electron chi connectivity index (χ1n) is 12.2. The number of fused-ring (bicyclic) bond motifs is 2. The normalized spacial score (nSPS) is 25.7. The van der Waals surface area contributed by atoms with E-state index in [9.17, 15) is 28.2 Å². The molecule has 1 fully saturated rings. The third-order valence-corrected chi connectivity index (χ3v) is 8.00. The predicted molar refractivity (Wildman–Crippen MR) is 138 cm³/mol. The first-order valence-corrected chi connectivity index (χ1v) is 14.1. The van der Waals surface area contributed by atoms with E-state index in [1.54, 1.807) is 49.5 Å². The molecule has 2 aliphatic heterocycles. The Bertz CT molecular complexity index is 1480. The van der Waals surface area contributed by atoms with Gasteiger partial charge in [0.15, 0.2) is 22.0 Å². The van der Waals surface area contributed by atoms with Gasteiger partial charge in [0.25, 0.3) is 0 Å². The highest BCUT2D eigenvalue weighted by Crippen LogP contribution is 2.44. The SMILES string of the molecule is CN1CCC(Oc2ccccc2)c2ccc(-c3ccc(S(C)(=O)=O)cc3)cc2C12OC(=O)C(O)C(O)C(=O)O2. The van der Waals surface area contributed by atoms with Crippen molar-refractivity contribution in [2.75, 3.05) is 19.8 Å². The molecule has 2 N–H and O–H groups in total. The van der Waals surface area contributed by atoms with Gasteiger partial charge >= 0.3 is 17.8 Å². The summed E-state index contributed by atoms with van der Waals surface area (Å²) in [6.45, 7) is 0.247. The van der Waals surface area contributed by atoms with Gasteiger partial charge in [-0.3, -0.25) is 0 Å². The Labute approximate surface area is 225 Å². The van der Waals surface area contributed by atoms with E-state index in [1.807, 2.05) is 18.2 Å². The Hall–Kier alpha value is -3.77. The van der Waals surface area contributed by atoms with Crippen LogP contribution in [0.15, 0.2) is 77.7 Å². The van der Waals surface area contributed by atoms with Crippen LogP contribution in [0.1, 0.15) is 23.7 Å². The van der Waals surface area contributed by atoms with E-state index >= 15 is 0 Å². The Morgan fingerprint density at radius 1 is 0.897 bits per heavy atom. The van der Waals surface area contributed by atoms with Crippen LogP contribution in [0.2, 0.25) is 0 Å². The molecule has 11 heteroatoms. The molecule has 39 heavy (non-hydrogen) atoms. The highest BCUT2D eigenvalue weighted by molar-refractivity contribution is 7.90. The monoisotopic (exact) mass is 553 g/mol. The third-order valence-electron chi connectivity index (χ3n) is 6.87. The number of carbonyl (C=O) groups is 2. The summed E-state index contributed by atoms with van der Waals surface area (Å²) < 4.78 is 41.5. The quantitative estimate of drug-likeness (QED) is 0.462. The summed E-state index contributed by atoms with van der Waals surface area (Å²) in [7, 11) is -1.81. The van der Waals surface area contributed by atoms with E-state index in [2.05, 4.69) is 0 Å². The molecule has 2 aliphatic rings. The van der Waals surface area contributed by atoms with Crippen LogP contribution in [-0.4, -0.2) is 67.5 Å². The lowest BCUT2D eigenvalue weighted by Crippen LogP contribution is -2.50. The van der Waals surface area contributed by atoms with Crippen molar-refractivity contribution in [1.82, 2.24) is 4.90 Å². The van der Waals surface area contributed by atoms with E-state index in [-0.39, 0.29) is 17.0 Å². The maximum Gasteiger partial charge on any atom is 0.349 e. The fraction of sp³-hybridized carbons (Fsp3) is 0.286. The van der Waals surface area contributed by atoms with E-state index in [0.717, 1.165) is 6.26 Å². The number of carbonyl (C=O) groups excluding carboxylic acids is 2. The minimum absolute atomic E-state index is 0.156. The number of rotatable bonds is 4. The van der Waals surface area contributed by atoms with Crippen LogP contribution >= 0.6 is 0 Å². The van der Waals surface area contributed by atoms with E-state index in [0.29, 0.717) is 28.9 Å². The summed E-state index contributed by atoms with van der Waals surface area (Å²) >= 11 is 0. The molecule has 10 nitrogen and oxygen atoms in total. The molecule has 1 spiro atoms. The van der Waals surface area contributed by atoms with E-state index in [1.165, 1.54) is 17.0 Å². The number of aliphatic hydroxyl groups excluding tert-OH is 2. The Balaban J connectivity index is 1.68. The average Bonchev–Trinajstić information content (AvgIpc) is 3.08. The number of hydrogen-bond donors (Lipinski definition) is 2. The molecule has 1 saturated heterocycles. The number of nitrogens with zero attached hydrogens (tertiary/aromatic N) is 1. The minimum Gasteiger partial charge on any atom is -0.486 e. The molecule has 0 radical (unpaired) electrons. The summed E-state index contributed by atoms with van der Waals surface area (Å²) in [5.74, 6) is -3.96. The average molecular weight is 554 g/mol. The van der Waals surface area contributed by atoms with E-state index in [4.69, 9.17) is 14.2 Å². The second kappa shape index (κ2) is 10.1. The molecular weight excluding hydrogens is 526 g/mol. The van der Waals surface area contributed by atoms with Crippen molar-refractivity contribution >= 4 is 21.8 Å². The predicted octanol–water partition coefficient (Wildman–Crippen LogP) is 2.14. The molecule has 2 heterocycles. The standard InChI is InChI=1S/C28H27NO9S/c1-29-15-14-23(36-19-6-4-3-5-7-19)21-13-10-18(17-8-11-20(12-9-17)39(2,34)35)16-22(21)28(29)37-26(32)24(30)25(31)27(33)38-28/h3-13,16,23-25,30-31H,14-15H2,1-2H3. The minimum atomic E-state index is -3.40. The van der Waals surface area contributed by atoms with Gasteiger partial charge in [0.05, 0.1) is 10.5 Å². The van der Waals surface area contributed by atoms with Crippen LogP contribution in [0.3, 0.4) is 0 Å². The summed E-state index contributed by atoms with van der Waals surface area (Å²) in [5.41, 5.74) is 2.08. The van der Waals surface area contributed by atoms with Gasteiger partial charge < -0.3 is 24.4 Å². The summed E-state index contributed by atoms with van der Waals surface area (Å²) in [5, 5.41) is 20.3. The molecule has 3 unspecified atom stereocenters. The maximum atomic E-state index is 12.8. The molecule has 204 valence electrons. The molecule has 0 aromatic heterocycles. The molecule has 0 saturated carbocycles. The Morgan fingerprint density at radius 3 is 2.08 bits per heavy atom. The van der Waals surface area contributed by atoms with Crippen molar-refractivity contribution in [3.05, 3.63) is 83.9 Å². The number of aliphatic hydroxyl groups is 2. The lowest BCUT2D eigenvalue weighted by Gasteiger charge is -2.38. The van der Waals surface area contributed by atoms with Gasteiger partial charge in [-0.1, -0.05) is 42.5 Å². The second-order valence-electron chi connectivity index (χ2n) is 9.54. The van der Waals surface area contributed by atoms with Crippen LogP contribution < -0.4 is 4.74 Å². The van der Waals surface area contributed by atoms with Crippen LogP contribution in [0, 0.1) is 0 Å². The number of hydrogen-bond acceptors (Lipinski definition) is 10. The lowest BCUT2D eigenvalue weighted by molar-refractivity contribution is -0.288. The van der Waals surface area contributed by atoms with Crippen molar-refractivity contribution in [3.63, 3.8) is 0 Å². The van der Waals surface area contributed by atoms with Gasteiger partial charge in [0, 0.05) is 24.8 Å². The summed E-state index contributed by atoms with van der Waals surface area (Å²) in [4.78, 5) is 27.2. The number of esters is 2. The lowest BCUT2D eigenvalue weighted by atomic mass is 9.94. The molecular formula is C28H27NO9S. The van der Waals surface area contributed by atoms with Crippen LogP contribution in [-0.2, 0) is 34.8 Å². The summed E-state index contributed by atoms with van der Waals surface area (Å²) in [6, 6.07) is 20.6. The highest BCUT2D eigenvalue weighted by Gasteiger charge is 2.55. The molecule has 0 bridgehead atoms. The molecule has 5 rings (SSSR count). The van der Waals surface area contributed by atoms with Crippen LogP contribution in [0.4, 0.5) is 0 Å². The van der Waals surface area contributed by atoms with Gasteiger partial charge in [-0.15, -0.1) is 0 Å². The van der Waals surface area contributed by atoms with Crippen molar-refractivity contribution < 1.29 is 42.4 Å². The first kappa shape index (κ1) is 26.8. The number of benzene rings is 3. The van der Waals surface area contributed by atoms with E-state index < -0.39 is 46.0 Å². The molecule has 3 atom stereocenters. The second-order valence-corrected chi connectivity index (χ2v) is 11.6. The molecule has 3 aromatic rings. The van der Waals surface area contributed by atoms with Crippen molar-refractivity contribution in [1.29, 1.82) is 0 Å². The van der Waals surface area contributed by atoms with Crippen LogP contribution in [0.25, 0.3) is 11.1 Å². The third kappa shape index (κ3) is 5.01. The smallest absolute Gasteiger partial charge is 0.349 e. The zero-order valence-electron chi connectivity index (χ0n) is 21.2. The number of para-hydroxylation sites is 1. The maximum absolute atomic E-state index is 12.8. The van der Waals surface area contributed by atoms with Gasteiger partial charge in [0.2, 0.25) is 0 Å². The zero-order chi connectivity index (χ0) is 27.9. The number of sulfone groups is 1.